The number of thiophene rings is 1. The molecule has 0 radical (unpaired) electrons. The molecule has 3 heteroatoms. The van der Waals surface area contributed by atoms with Crippen LogP contribution in [-0.2, 0) is 11.3 Å². The Kier molecular flexibility index (Phi) is 3.67. The van der Waals surface area contributed by atoms with Crippen LogP contribution in [0.2, 0.25) is 0 Å². The molecule has 1 fully saturated rings. The SMILES string of the molecule is CCC1(C)C(NC)CC1OCc1cccs1. The van der Waals surface area contributed by atoms with Crippen LogP contribution in [0.4, 0.5) is 0 Å². The third kappa shape index (κ3) is 2.04. The predicted molar refractivity (Wildman–Crippen MR) is 68.8 cm³/mol. The van der Waals surface area contributed by atoms with Crippen molar-refractivity contribution in [3.63, 3.8) is 0 Å². The van der Waals surface area contributed by atoms with Crippen LogP contribution in [0.5, 0.6) is 0 Å². The molecule has 1 aliphatic rings. The fraction of sp³-hybridized carbons (Fsp3) is 0.692. The number of nitrogens with one attached hydrogen (secondary N) is 1. The normalized spacial score (nSPS) is 33.7. The highest BCUT2D eigenvalue weighted by Gasteiger charge is 2.50. The lowest BCUT2D eigenvalue weighted by Gasteiger charge is -2.53. The minimum Gasteiger partial charge on any atom is -0.372 e. The van der Waals surface area contributed by atoms with Crippen molar-refractivity contribution in [2.45, 2.75) is 45.4 Å². The van der Waals surface area contributed by atoms with Gasteiger partial charge >= 0.3 is 0 Å². The van der Waals surface area contributed by atoms with E-state index in [4.69, 9.17) is 4.74 Å². The number of ether oxygens (including phenoxy) is 1. The predicted octanol–water partition coefficient (Wildman–Crippen LogP) is 3.04. The molecule has 0 aliphatic heterocycles. The summed E-state index contributed by atoms with van der Waals surface area (Å²) in [4.78, 5) is 1.33. The molecule has 1 heterocycles. The van der Waals surface area contributed by atoms with Crippen molar-refractivity contribution in [3.05, 3.63) is 22.4 Å². The molecule has 0 spiro atoms. The lowest BCUT2D eigenvalue weighted by atomic mass is 9.61. The molecule has 1 aromatic rings. The van der Waals surface area contributed by atoms with Crippen LogP contribution in [-0.4, -0.2) is 19.2 Å². The molecule has 0 amide bonds. The number of rotatable bonds is 5. The molecule has 2 rings (SSSR count). The van der Waals surface area contributed by atoms with Gasteiger partial charge in [0.2, 0.25) is 0 Å². The van der Waals surface area contributed by atoms with E-state index in [1.807, 2.05) is 7.05 Å². The quantitative estimate of drug-likeness (QED) is 0.852. The maximum absolute atomic E-state index is 6.03. The van der Waals surface area contributed by atoms with E-state index in [2.05, 4.69) is 36.7 Å². The molecule has 2 nitrogen and oxygen atoms in total. The Morgan fingerprint density at radius 1 is 1.62 bits per heavy atom. The maximum atomic E-state index is 6.03. The molecular formula is C13H21NOS. The van der Waals surface area contributed by atoms with E-state index < -0.39 is 0 Å². The highest BCUT2D eigenvalue weighted by molar-refractivity contribution is 7.09. The Morgan fingerprint density at radius 2 is 2.44 bits per heavy atom. The van der Waals surface area contributed by atoms with Gasteiger partial charge in [0.25, 0.3) is 0 Å². The number of hydrogen-bond acceptors (Lipinski definition) is 3. The zero-order valence-corrected chi connectivity index (χ0v) is 11.1. The fourth-order valence-corrected chi connectivity index (χ4v) is 3.20. The van der Waals surface area contributed by atoms with Gasteiger partial charge in [0.15, 0.2) is 0 Å². The zero-order chi connectivity index (χ0) is 11.6. The molecule has 0 aromatic carbocycles. The molecule has 0 bridgehead atoms. The topological polar surface area (TPSA) is 21.3 Å². The molecule has 16 heavy (non-hydrogen) atoms. The first-order chi connectivity index (χ1) is 7.70. The highest BCUT2D eigenvalue weighted by atomic mass is 32.1. The van der Waals surface area contributed by atoms with Crippen molar-refractivity contribution in [2.75, 3.05) is 7.05 Å². The lowest BCUT2D eigenvalue weighted by molar-refractivity contribution is -0.133. The van der Waals surface area contributed by atoms with Gasteiger partial charge in [-0.05, 0) is 31.3 Å². The minimum atomic E-state index is 0.312. The molecule has 3 atom stereocenters. The second-order valence-electron chi connectivity index (χ2n) is 4.82. The lowest BCUT2D eigenvalue weighted by Crippen LogP contribution is -2.61. The van der Waals surface area contributed by atoms with Gasteiger partial charge in [-0.2, -0.15) is 0 Å². The second kappa shape index (κ2) is 4.86. The summed E-state index contributed by atoms with van der Waals surface area (Å²) in [6.07, 6.45) is 2.73. The monoisotopic (exact) mass is 239 g/mol. The summed E-state index contributed by atoms with van der Waals surface area (Å²) in [7, 11) is 2.05. The molecule has 1 N–H and O–H groups in total. The van der Waals surface area contributed by atoms with Crippen molar-refractivity contribution < 1.29 is 4.74 Å². The maximum Gasteiger partial charge on any atom is 0.0813 e. The summed E-state index contributed by atoms with van der Waals surface area (Å²) < 4.78 is 6.03. The van der Waals surface area contributed by atoms with Crippen molar-refractivity contribution in [1.29, 1.82) is 0 Å². The minimum absolute atomic E-state index is 0.312. The van der Waals surface area contributed by atoms with E-state index in [-0.39, 0.29) is 0 Å². The van der Waals surface area contributed by atoms with Crippen molar-refractivity contribution in [1.82, 2.24) is 5.32 Å². The smallest absolute Gasteiger partial charge is 0.0813 e. The Hall–Kier alpha value is -0.380. The standard InChI is InChI=1S/C13H21NOS/c1-4-13(2)11(14-3)8-12(13)15-9-10-6-5-7-16-10/h5-7,11-12,14H,4,8-9H2,1-3H3. The zero-order valence-electron chi connectivity index (χ0n) is 10.3. The largest absolute Gasteiger partial charge is 0.372 e. The van der Waals surface area contributed by atoms with Crippen LogP contribution in [0.3, 0.4) is 0 Å². The van der Waals surface area contributed by atoms with E-state index in [1.165, 1.54) is 11.3 Å². The Labute approximate surface area is 102 Å². The van der Waals surface area contributed by atoms with Crippen LogP contribution in [0.25, 0.3) is 0 Å². The molecular weight excluding hydrogens is 218 g/mol. The van der Waals surface area contributed by atoms with Crippen LogP contribution < -0.4 is 5.32 Å². The van der Waals surface area contributed by atoms with Gasteiger partial charge in [-0.1, -0.05) is 19.9 Å². The highest BCUT2D eigenvalue weighted by Crippen LogP contribution is 2.46. The molecule has 90 valence electrons. The van der Waals surface area contributed by atoms with E-state index >= 15 is 0 Å². The Balaban J connectivity index is 1.87. The van der Waals surface area contributed by atoms with Crippen molar-refractivity contribution in [3.8, 4) is 0 Å². The third-order valence-electron chi connectivity index (χ3n) is 4.10. The van der Waals surface area contributed by atoms with Gasteiger partial charge in [-0.25, -0.2) is 0 Å². The van der Waals surface area contributed by atoms with Gasteiger partial charge in [-0.15, -0.1) is 11.3 Å². The summed E-state index contributed by atoms with van der Waals surface area (Å²) in [6, 6.07) is 4.84. The third-order valence-corrected chi connectivity index (χ3v) is 4.95. The molecule has 0 saturated heterocycles. The second-order valence-corrected chi connectivity index (χ2v) is 5.85. The average molecular weight is 239 g/mol. The van der Waals surface area contributed by atoms with Gasteiger partial charge in [0, 0.05) is 16.3 Å². The first-order valence-electron chi connectivity index (χ1n) is 6.02. The van der Waals surface area contributed by atoms with Gasteiger partial charge < -0.3 is 10.1 Å². The van der Waals surface area contributed by atoms with Crippen LogP contribution in [0, 0.1) is 5.41 Å². The first kappa shape index (κ1) is 12.1. The van der Waals surface area contributed by atoms with Crippen LogP contribution in [0.15, 0.2) is 17.5 Å². The van der Waals surface area contributed by atoms with Crippen LogP contribution >= 0.6 is 11.3 Å². The van der Waals surface area contributed by atoms with E-state index in [9.17, 15) is 0 Å². The molecule has 1 aliphatic carbocycles. The van der Waals surface area contributed by atoms with Crippen LogP contribution in [0.1, 0.15) is 31.6 Å². The van der Waals surface area contributed by atoms with Gasteiger partial charge in [-0.3, -0.25) is 0 Å². The Bertz CT molecular complexity index is 325. The Morgan fingerprint density at radius 3 is 3.00 bits per heavy atom. The van der Waals surface area contributed by atoms with E-state index in [1.54, 1.807) is 11.3 Å². The summed E-state index contributed by atoms with van der Waals surface area (Å²) in [5.41, 5.74) is 0.312. The first-order valence-corrected chi connectivity index (χ1v) is 6.90. The summed E-state index contributed by atoms with van der Waals surface area (Å²) in [6.45, 7) is 5.36. The van der Waals surface area contributed by atoms with Crippen molar-refractivity contribution in [2.24, 2.45) is 5.41 Å². The summed E-state index contributed by atoms with van der Waals surface area (Å²) in [5, 5.41) is 5.49. The fourth-order valence-electron chi connectivity index (χ4n) is 2.57. The van der Waals surface area contributed by atoms with E-state index in [0.717, 1.165) is 13.0 Å². The molecule has 1 aromatic heterocycles. The molecule has 3 unspecified atom stereocenters. The molecule has 1 saturated carbocycles. The van der Waals surface area contributed by atoms with E-state index in [0.29, 0.717) is 17.6 Å². The number of hydrogen-bond donors (Lipinski definition) is 1. The average Bonchev–Trinajstić information content (AvgIpc) is 2.79. The summed E-state index contributed by atoms with van der Waals surface area (Å²) in [5.74, 6) is 0. The summed E-state index contributed by atoms with van der Waals surface area (Å²) >= 11 is 1.77. The van der Waals surface area contributed by atoms with Crippen molar-refractivity contribution >= 4 is 11.3 Å². The van der Waals surface area contributed by atoms with Gasteiger partial charge in [0.1, 0.15) is 0 Å². The van der Waals surface area contributed by atoms with Gasteiger partial charge in [0.05, 0.1) is 12.7 Å².